The van der Waals surface area contributed by atoms with Crippen LogP contribution in [0.25, 0.3) is 16.6 Å². The number of nitrogens with zero attached hydrogens (tertiary/aromatic N) is 8. The predicted molar refractivity (Wildman–Crippen MR) is 148 cm³/mol. The van der Waals surface area contributed by atoms with Crippen molar-refractivity contribution < 1.29 is 23.0 Å². The number of nitriles is 1. The number of hydrogen-bond donors (Lipinski definition) is 1. The number of benzene rings is 1. The molecule has 6 rings (SSSR count). The van der Waals surface area contributed by atoms with E-state index in [1.807, 2.05) is 13.0 Å². The highest BCUT2D eigenvalue weighted by Crippen LogP contribution is 2.43. The van der Waals surface area contributed by atoms with E-state index in [1.165, 1.54) is 24.0 Å². The van der Waals surface area contributed by atoms with Gasteiger partial charge in [-0.25, -0.2) is 18.3 Å². The van der Waals surface area contributed by atoms with Gasteiger partial charge in [-0.05, 0) is 54.2 Å². The molecule has 1 saturated heterocycles. The Hall–Kier alpha value is -5.16. The fraction of sp³-hybridized carbons (Fsp3) is 0.286. The second-order valence-electron chi connectivity index (χ2n) is 9.96. The van der Waals surface area contributed by atoms with Crippen LogP contribution in [0, 0.1) is 18.3 Å². The van der Waals surface area contributed by atoms with Gasteiger partial charge in [0.25, 0.3) is 11.8 Å². The third-order valence-corrected chi connectivity index (χ3v) is 6.97. The fourth-order valence-corrected chi connectivity index (χ4v) is 4.88. The lowest BCUT2D eigenvalue weighted by Gasteiger charge is -2.36. The zero-order chi connectivity index (χ0) is 29.4. The summed E-state index contributed by atoms with van der Waals surface area (Å²) in [7, 11) is 3.02. The molecule has 0 bridgehead atoms. The van der Waals surface area contributed by atoms with E-state index in [4.69, 9.17) is 14.2 Å². The van der Waals surface area contributed by atoms with E-state index in [2.05, 4.69) is 36.9 Å². The first-order valence-electron chi connectivity index (χ1n) is 13.0. The van der Waals surface area contributed by atoms with Gasteiger partial charge in [0.15, 0.2) is 17.5 Å². The number of hydrogen-bond acceptors (Lipinski definition) is 11. The molecule has 1 aromatic carbocycles. The van der Waals surface area contributed by atoms with E-state index in [1.54, 1.807) is 42.4 Å². The number of anilines is 2. The highest BCUT2D eigenvalue weighted by atomic mass is 19.3. The number of alkyl halides is 2. The zero-order valence-electron chi connectivity index (χ0n) is 22.9. The number of tetrazole rings is 1. The van der Waals surface area contributed by atoms with Gasteiger partial charge < -0.3 is 24.4 Å². The number of likely N-dealkylation sites (tertiary alicyclic amines) is 1. The molecule has 1 N–H and O–H groups in total. The predicted octanol–water partition coefficient (Wildman–Crippen LogP) is 4.51. The standard InChI is InChI=1S/C28H25F2N9O3/c1-16-10-18(4-5-21(16)41-19-6-9-39-23(11-19)35-36-37-39)34-25-17(12-31)13-32-20-14-33-27(40-3)26(24(20)25)42-22-7-8-38(2)15-28(22,29)30/h4-6,9-11,13-14,22H,7-8,15H2,1-3H3,(H,32,34)/t22-/m1/s1. The van der Waals surface area contributed by atoms with Crippen LogP contribution in [-0.2, 0) is 0 Å². The number of aromatic nitrogens is 6. The average molecular weight is 574 g/mol. The van der Waals surface area contributed by atoms with Crippen molar-refractivity contribution in [2.75, 3.05) is 32.6 Å². The SMILES string of the molecule is COc1ncc2ncc(C#N)c(Nc3ccc(Oc4ccn5nnnc5c4)c(C)c3)c2c1O[C@@H]1CCN(C)CC1(F)F. The summed E-state index contributed by atoms with van der Waals surface area (Å²) >= 11 is 0. The minimum absolute atomic E-state index is 0.00799. The Morgan fingerprint density at radius 3 is 2.79 bits per heavy atom. The topological polar surface area (TPSA) is 136 Å². The van der Waals surface area contributed by atoms with Gasteiger partial charge in [-0.3, -0.25) is 4.98 Å². The van der Waals surface area contributed by atoms with Gasteiger partial charge in [-0.2, -0.15) is 5.26 Å². The maximum absolute atomic E-state index is 15.0. The van der Waals surface area contributed by atoms with Crippen LogP contribution < -0.4 is 19.5 Å². The summed E-state index contributed by atoms with van der Waals surface area (Å²) in [4.78, 5) is 10.1. The number of aryl methyl sites for hydroxylation is 1. The Kier molecular flexibility index (Phi) is 6.87. The van der Waals surface area contributed by atoms with Gasteiger partial charge in [0.05, 0.1) is 42.0 Å². The first-order chi connectivity index (χ1) is 20.3. The summed E-state index contributed by atoms with van der Waals surface area (Å²) in [5.74, 6) is -1.96. The van der Waals surface area contributed by atoms with Crippen LogP contribution >= 0.6 is 0 Å². The molecule has 0 amide bonds. The molecule has 1 aliphatic heterocycles. The lowest BCUT2D eigenvalue weighted by molar-refractivity contribution is -0.135. The Balaban J connectivity index is 1.37. The second-order valence-corrected chi connectivity index (χ2v) is 9.96. The molecular weight excluding hydrogens is 548 g/mol. The molecule has 42 heavy (non-hydrogen) atoms. The first kappa shape index (κ1) is 27.0. The van der Waals surface area contributed by atoms with Crippen LogP contribution in [0.15, 0.2) is 48.9 Å². The number of methoxy groups -OCH3 is 1. The van der Waals surface area contributed by atoms with Crippen LogP contribution in [0.3, 0.4) is 0 Å². The molecule has 5 aromatic rings. The summed E-state index contributed by atoms with van der Waals surface area (Å²) in [6.45, 7) is 1.87. The Morgan fingerprint density at radius 1 is 1.17 bits per heavy atom. The van der Waals surface area contributed by atoms with Crippen molar-refractivity contribution in [1.82, 2.24) is 34.9 Å². The molecule has 0 aliphatic carbocycles. The highest BCUT2D eigenvalue weighted by Gasteiger charge is 2.46. The largest absolute Gasteiger partial charge is 0.478 e. The van der Waals surface area contributed by atoms with Crippen LogP contribution in [0.1, 0.15) is 17.5 Å². The molecule has 0 spiro atoms. The van der Waals surface area contributed by atoms with E-state index < -0.39 is 18.6 Å². The number of pyridine rings is 3. The van der Waals surface area contributed by atoms with Crippen LogP contribution in [0.2, 0.25) is 0 Å². The van der Waals surface area contributed by atoms with Crippen LogP contribution in [0.5, 0.6) is 23.1 Å². The Bertz CT molecular complexity index is 1840. The number of halogens is 2. The summed E-state index contributed by atoms with van der Waals surface area (Å²) in [6, 6.07) is 11.0. The summed E-state index contributed by atoms with van der Waals surface area (Å²) < 4.78 is 49.0. The van der Waals surface area contributed by atoms with Crippen molar-refractivity contribution in [2.45, 2.75) is 25.4 Å². The molecule has 1 fully saturated rings. The quantitative estimate of drug-likeness (QED) is 0.295. The summed E-state index contributed by atoms with van der Waals surface area (Å²) in [5.41, 5.74) is 2.80. The lowest BCUT2D eigenvalue weighted by Crippen LogP contribution is -2.52. The minimum Gasteiger partial charge on any atom is -0.478 e. The maximum Gasteiger partial charge on any atom is 0.296 e. The highest BCUT2D eigenvalue weighted by molar-refractivity contribution is 6.01. The van der Waals surface area contributed by atoms with Crippen molar-refractivity contribution in [3.8, 4) is 29.2 Å². The van der Waals surface area contributed by atoms with E-state index in [0.29, 0.717) is 46.0 Å². The number of rotatable bonds is 7. The monoisotopic (exact) mass is 573 g/mol. The molecule has 12 nitrogen and oxygen atoms in total. The molecule has 4 aromatic heterocycles. The van der Waals surface area contributed by atoms with Gasteiger partial charge in [0, 0.05) is 37.1 Å². The minimum atomic E-state index is -3.11. The Labute approximate surface area is 238 Å². The maximum atomic E-state index is 15.0. The van der Waals surface area contributed by atoms with Gasteiger partial charge in [0.2, 0.25) is 0 Å². The van der Waals surface area contributed by atoms with Crippen molar-refractivity contribution in [3.63, 3.8) is 0 Å². The molecule has 1 aliphatic rings. The molecule has 5 heterocycles. The molecule has 14 heteroatoms. The van der Waals surface area contributed by atoms with Gasteiger partial charge in [-0.15, -0.1) is 5.10 Å². The van der Waals surface area contributed by atoms with Crippen molar-refractivity contribution in [3.05, 3.63) is 60.0 Å². The van der Waals surface area contributed by atoms with E-state index in [9.17, 15) is 14.0 Å². The number of fused-ring (bicyclic) bond motifs is 2. The zero-order valence-corrected chi connectivity index (χ0v) is 22.9. The molecule has 0 saturated carbocycles. The molecular formula is C28H25F2N9O3. The molecule has 0 unspecified atom stereocenters. The fourth-order valence-electron chi connectivity index (χ4n) is 4.88. The first-order valence-corrected chi connectivity index (χ1v) is 13.0. The van der Waals surface area contributed by atoms with Crippen molar-refractivity contribution >= 4 is 27.9 Å². The van der Waals surface area contributed by atoms with Gasteiger partial charge in [-0.1, -0.05) is 0 Å². The van der Waals surface area contributed by atoms with Crippen molar-refractivity contribution in [2.24, 2.45) is 0 Å². The van der Waals surface area contributed by atoms with E-state index in [-0.39, 0.29) is 23.6 Å². The van der Waals surface area contributed by atoms with Crippen LogP contribution in [0.4, 0.5) is 20.2 Å². The van der Waals surface area contributed by atoms with E-state index >= 15 is 0 Å². The van der Waals surface area contributed by atoms with Crippen LogP contribution in [-0.4, -0.2) is 74.2 Å². The third kappa shape index (κ3) is 5.06. The summed E-state index contributed by atoms with van der Waals surface area (Å²) in [6.07, 6.45) is 3.22. The average Bonchev–Trinajstić information content (AvgIpc) is 3.44. The Morgan fingerprint density at radius 2 is 2.02 bits per heavy atom. The van der Waals surface area contributed by atoms with Gasteiger partial charge in [0.1, 0.15) is 17.6 Å². The molecule has 214 valence electrons. The lowest BCUT2D eigenvalue weighted by atomic mass is 10.0. The van der Waals surface area contributed by atoms with Crippen molar-refractivity contribution in [1.29, 1.82) is 5.26 Å². The molecule has 1 atom stereocenters. The summed E-state index contributed by atoms with van der Waals surface area (Å²) in [5, 5.41) is 24.9. The van der Waals surface area contributed by atoms with Gasteiger partial charge >= 0.3 is 0 Å². The number of piperidine rings is 1. The normalized spacial score (nSPS) is 16.7. The third-order valence-electron chi connectivity index (χ3n) is 6.97. The second kappa shape index (κ2) is 10.7. The van der Waals surface area contributed by atoms with E-state index in [0.717, 1.165) is 5.56 Å². The number of nitrogens with one attached hydrogen (secondary N) is 1. The number of ether oxygens (including phenoxy) is 3. The molecule has 0 radical (unpaired) electrons. The smallest absolute Gasteiger partial charge is 0.296 e.